The molecule has 0 heterocycles. The highest BCUT2D eigenvalue weighted by Gasteiger charge is 2.26. The van der Waals surface area contributed by atoms with E-state index in [0.717, 1.165) is 11.4 Å². The maximum atomic E-state index is 2.45. The van der Waals surface area contributed by atoms with Gasteiger partial charge in [0.05, 0.1) is 5.69 Å². The summed E-state index contributed by atoms with van der Waals surface area (Å²) in [5, 5.41) is 10.4. The van der Waals surface area contributed by atoms with Crippen LogP contribution in [0.4, 0.5) is 17.1 Å². The van der Waals surface area contributed by atoms with E-state index in [1.165, 1.54) is 71.0 Å². The van der Waals surface area contributed by atoms with Crippen LogP contribution in [0.15, 0.2) is 176 Å². The molecule has 0 amide bonds. The molecule has 0 radical (unpaired) electrons. The summed E-state index contributed by atoms with van der Waals surface area (Å²) >= 11 is 0. The van der Waals surface area contributed by atoms with Crippen molar-refractivity contribution in [2.45, 2.75) is 38.5 Å². The zero-order valence-electron chi connectivity index (χ0n) is 29.7. The predicted molar refractivity (Wildman–Crippen MR) is 219 cm³/mol. The lowest BCUT2D eigenvalue weighted by Crippen LogP contribution is -2.19. The molecule has 9 rings (SSSR count). The summed E-state index contributed by atoms with van der Waals surface area (Å²) in [7, 11) is 0. The molecule has 0 N–H and O–H groups in total. The average Bonchev–Trinajstić information content (AvgIpc) is 3.18. The molecule has 246 valence electrons. The standard InChI is InChI=1S/C50H41N/c1-49(2,35-16-7-5-8-17-35)37-24-28-39(29-25-37)51(40-30-26-38(27-31-40)50(3,4)36-18-9-6-10-19-36)46-33-32-44-42-21-12-15-34-14-11-20-41(47(34)42)43-22-13-23-45(46)48(43)44/h5-33H,1-4H3. The number of hydrogen-bond donors (Lipinski definition) is 0. The first-order valence-corrected chi connectivity index (χ1v) is 18.0. The van der Waals surface area contributed by atoms with Gasteiger partial charge in [-0.1, -0.05) is 173 Å². The first-order chi connectivity index (χ1) is 24.8. The predicted octanol–water partition coefficient (Wildman–Crippen LogP) is 13.9. The Balaban J connectivity index is 1.24. The van der Waals surface area contributed by atoms with Gasteiger partial charge in [0, 0.05) is 27.6 Å². The number of rotatable bonds is 7. The average molecular weight is 656 g/mol. The molecule has 0 saturated carbocycles. The van der Waals surface area contributed by atoms with E-state index in [0.29, 0.717) is 0 Å². The second kappa shape index (κ2) is 11.9. The molecule has 0 aromatic heterocycles. The largest absolute Gasteiger partial charge is 0.310 e. The first kappa shape index (κ1) is 31.1. The Hall–Kier alpha value is -5.92. The third kappa shape index (κ3) is 4.99. The molecule has 9 aromatic rings. The molecule has 0 aliphatic heterocycles. The maximum Gasteiger partial charge on any atom is 0.0540 e. The summed E-state index contributed by atoms with van der Waals surface area (Å²) in [6.45, 7) is 9.25. The lowest BCUT2D eigenvalue weighted by molar-refractivity contribution is 0.641. The zero-order valence-corrected chi connectivity index (χ0v) is 29.7. The molecule has 0 fully saturated rings. The Morgan fingerprint density at radius 3 is 1.20 bits per heavy atom. The van der Waals surface area contributed by atoms with Gasteiger partial charge in [-0.3, -0.25) is 0 Å². The molecular weight excluding hydrogens is 615 g/mol. The Morgan fingerprint density at radius 1 is 0.314 bits per heavy atom. The maximum absolute atomic E-state index is 2.45. The van der Waals surface area contributed by atoms with Crippen molar-refractivity contribution >= 4 is 60.2 Å². The van der Waals surface area contributed by atoms with Crippen molar-refractivity contribution in [3.63, 3.8) is 0 Å². The summed E-state index contributed by atoms with van der Waals surface area (Å²) in [6.07, 6.45) is 0. The highest BCUT2D eigenvalue weighted by Crippen LogP contribution is 2.46. The minimum Gasteiger partial charge on any atom is -0.310 e. The lowest BCUT2D eigenvalue weighted by Gasteiger charge is -2.31. The van der Waals surface area contributed by atoms with Crippen LogP contribution in [-0.2, 0) is 10.8 Å². The Kier molecular flexibility index (Phi) is 7.22. The quantitative estimate of drug-likeness (QED) is 0.122. The van der Waals surface area contributed by atoms with Crippen LogP contribution in [0.25, 0.3) is 43.1 Å². The molecular formula is C50H41N. The van der Waals surface area contributed by atoms with Crippen molar-refractivity contribution < 1.29 is 0 Å². The van der Waals surface area contributed by atoms with E-state index in [4.69, 9.17) is 0 Å². The van der Waals surface area contributed by atoms with Crippen LogP contribution in [0, 0.1) is 0 Å². The highest BCUT2D eigenvalue weighted by atomic mass is 15.1. The van der Waals surface area contributed by atoms with Gasteiger partial charge in [-0.05, 0) is 90.3 Å². The van der Waals surface area contributed by atoms with Crippen LogP contribution >= 0.6 is 0 Å². The van der Waals surface area contributed by atoms with Crippen molar-refractivity contribution in [2.24, 2.45) is 0 Å². The van der Waals surface area contributed by atoms with E-state index in [2.05, 4.69) is 209 Å². The number of hydrogen-bond acceptors (Lipinski definition) is 1. The molecule has 1 heteroatoms. The molecule has 0 saturated heterocycles. The molecule has 0 atom stereocenters. The van der Waals surface area contributed by atoms with Gasteiger partial charge >= 0.3 is 0 Å². The molecule has 9 aromatic carbocycles. The fourth-order valence-electron chi connectivity index (χ4n) is 8.35. The third-order valence-corrected chi connectivity index (χ3v) is 11.4. The molecule has 0 unspecified atom stereocenters. The monoisotopic (exact) mass is 655 g/mol. The van der Waals surface area contributed by atoms with Gasteiger partial charge < -0.3 is 4.90 Å². The van der Waals surface area contributed by atoms with Gasteiger partial charge in [-0.2, -0.15) is 0 Å². The fraction of sp³-hybridized carbons (Fsp3) is 0.120. The van der Waals surface area contributed by atoms with Crippen LogP contribution < -0.4 is 4.90 Å². The Morgan fingerprint density at radius 2 is 0.706 bits per heavy atom. The van der Waals surface area contributed by atoms with Crippen LogP contribution in [0.3, 0.4) is 0 Å². The SMILES string of the molecule is CC(C)(c1ccccc1)c1ccc(N(c2ccc(C(C)(C)c3ccccc3)cc2)c2ccc3c4cccc5cccc(c6cccc2c63)c54)cc1. The molecule has 1 nitrogen and oxygen atoms in total. The number of nitrogens with zero attached hydrogens (tertiary/aromatic N) is 1. The lowest BCUT2D eigenvalue weighted by atomic mass is 9.78. The van der Waals surface area contributed by atoms with E-state index in [9.17, 15) is 0 Å². The molecule has 51 heavy (non-hydrogen) atoms. The second-order valence-corrected chi connectivity index (χ2v) is 15.0. The van der Waals surface area contributed by atoms with Crippen LogP contribution in [0.5, 0.6) is 0 Å². The minimum absolute atomic E-state index is 0.121. The van der Waals surface area contributed by atoms with Crippen molar-refractivity contribution in [3.05, 3.63) is 198 Å². The highest BCUT2D eigenvalue weighted by molar-refractivity contribution is 6.34. The third-order valence-electron chi connectivity index (χ3n) is 11.4. The summed E-state index contributed by atoms with van der Waals surface area (Å²) in [5.74, 6) is 0. The second-order valence-electron chi connectivity index (χ2n) is 15.0. The number of anilines is 3. The Labute approximate surface area is 300 Å². The fourth-order valence-corrected chi connectivity index (χ4v) is 8.35. The summed E-state index contributed by atoms with van der Waals surface area (Å²) in [6, 6.07) is 65.0. The van der Waals surface area contributed by atoms with Gasteiger partial charge in [0.2, 0.25) is 0 Å². The van der Waals surface area contributed by atoms with Crippen LogP contribution in [0.1, 0.15) is 49.9 Å². The van der Waals surface area contributed by atoms with Crippen molar-refractivity contribution in [2.75, 3.05) is 4.90 Å². The van der Waals surface area contributed by atoms with Gasteiger partial charge in [0.15, 0.2) is 0 Å². The molecule has 0 bridgehead atoms. The normalized spacial score (nSPS) is 12.3. The van der Waals surface area contributed by atoms with E-state index in [1.807, 2.05) is 0 Å². The molecule has 0 spiro atoms. The van der Waals surface area contributed by atoms with Crippen LogP contribution in [-0.4, -0.2) is 0 Å². The summed E-state index contributed by atoms with van der Waals surface area (Å²) in [5.41, 5.74) is 8.40. The summed E-state index contributed by atoms with van der Waals surface area (Å²) in [4.78, 5) is 2.45. The van der Waals surface area contributed by atoms with Crippen molar-refractivity contribution in [1.82, 2.24) is 0 Å². The van der Waals surface area contributed by atoms with E-state index >= 15 is 0 Å². The van der Waals surface area contributed by atoms with Gasteiger partial charge in [-0.15, -0.1) is 0 Å². The topological polar surface area (TPSA) is 3.24 Å². The van der Waals surface area contributed by atoms with Gasteiger partial charge in [0.25, 0.3) is 0 Å². The van der Waals surface area contributed by atoms with Crippen molar-refractivity contribution in [1.29, 1.82) is 0 Å². The molecule has 0 aliphatic carbocycles. The van der Waals surface area contributed by atoms with E-state index in [-0.39, 0.29) is 10.8 Å². The first-order valence-electron chi connectivity index (χ1n) is 18.0. The summed E-state index contributed by atoms with van der Waals surface area (Å²) < 4.78 is 0. The minimum atomic E-state index is -0.121. The zero-order chi connectivity index (χ0) is 34.7. The molecule has 0 aliphatic rings. The number of benzene rings is 9. The Bertz CT molecular complexity index is 2500. The van der Waals surface area contributed by atoms with Gasteiger partial charge in [0.1, 0.15) is 0 Å². The smallest absolute Gasteiger partial charge is 0.0540 e. The van der Waals surface area contributed by atoms with Crippen LogP contribution in [0.2, 0.25) is 0 Å². The number of fused-ring (bicyclic) bond motifs is 2. The van der Waals surface area contributed by atoms with Gasteiger partial charge in [-0.25, -0.2) is 0 Å². The van der Waals surface area contributed by atoms with E-state index < -0.39 is 0 Å². The van der Waals surface area contributed by atoms with Crippen molar-refractivity contribution in [3.8, 4) is 0 Å². The van der Waals surface area contributed by atoms with E-state index in [1.54, 1.807) is 0 Å².